The lowest BCUT2D eigenvalue weighted by atomic mass is 10.1. The Labute approximate surface area is 200 Å². The third-order valence-electron chi connectivity index (χ3n) is 5.22. The Morgan fingerprint density at radius 3 is 2.62 bits per heavy atom. The van der Waals surface area contributed by atoms with E-state index in [1.54, 1.807) is 55.6 Å². The minimum Gasteiger partial charge on any atom is -0.497 e. The van der Waals surface area contributed by atoms with Crippen LogP contribution >= 0.6 is 11.8 Å². The largest absolute Gasteiger partial charge is 0.497 e. The average molecular weight is 478 g/mol. The fourth-order valence-electron chi connectivity index (χ4n) is 3.48. The van der Waals surface area contributed by atoms with Gasteiger partial charge in [0.15, 0.2) is 5.16 Å². The normalized spacial score (nSPS) is 10.9. The van der Waals surface area contributed by atoms with Crippen LogP contribution in [-0.4, -0.2) is 29.1 Å². The van der Waals surface area contributed by atoms with E-state index in [0.717, 1.165) is 12.0 Å². The second-order valence-electron chi connectivity index (χ2n) is 7.64. The Morgan fingerprint density at radius 2 is 1.91 bits per heavy atom. The summed E-state index contributed by atoms with van der Waals surface area (Å²) >= 11 is 1.32. The first-order valence-corrected chi connectivity index (χ1v) is 11.9. The van der Waals surface area contributed by atoms with Crippen LogP contribution < -0.4 is 15.6 Å². The van der Waals surface area contributed by atoms with Gasteiger partial charge in [-0.3, -0.25) is 14.2 Å². The second-order valence-corrected chi connectivity index (χ2v) is 8.58. The van der Waals surface area contributed by atoms with E-state index in [1.807, 2.05) is 13.0 Å². The van der Waals surface area contributed by atoms with Crippen molar-refractivity contribution in [3.05, 3.63) is 94.0 Å². The van der Waals surface area contributed by atoms with Gasteiger partial charge in [-0.25, -0.2) is 9.37 Å². The lowest BCUT2D eigenvalue weighted by Gasteiger charge is -2.14. The molecule has 0 radical (unpaired) electrons. The van der Waals surface area contributed by atoms with Crippen molar-refractivity contribution in [2.45, 2.75) is 24.3 Å². The summed E-state index contributed by atoms with van der Waals surface area (Å²) in [7, 11) is 1.58. The molecule has 0 saturated carbocycles. The summed E-state index contributed by atoms with van der Waals surface area (Å²) in [6.45, 7) is 2.55. The van der Waals surface area contributed by atoms with E-state index in [1.165, 1.54) is 28.5 Å². The topological polar surface area (TPSA) is 73.2 Å². The van der Waals surface area contributed by atoms with E-state index in [2.05, 4.69) is 5.32 Å². The molecule has 0 bridgehead atoms. The van der Waals surface area contributed by atoms with Gasteiger partial charge in [-0.05, 0) is 66.6 Å². The molecule has 8 heteroatoms. The third-order valence-corrected chi connectivity index (χ3v) is 6.23. The number of hydrogen-bond acceptors (Lipinski definition) is 5. The Kier molecular flexibility index (Phi) is 7.27. The smallest absolute Gasteiger partial charge is 0.266 e. The van der Waals surface area contributed by atoms with Crippen molar-refractivity contribution in [2.75, 3.05) is 13.7 Å². The number of methoxy groups -OCH3 is 1. The van der Waals surface area contributed by atoms with E-state index in [-0.39, 0.29) is 17.3 Å². The first-order valence-electron chi connectivity index (χ1n) is 10.9. The fraction of sp³-hybridized carbons (Fsp3) is 0.192. The molecule has 0 atom stereocenters. The number of nitrogens with zero attached hydrogens (tertiary/aromatic N) is 2. The molecule has 1 amide bonds. The van der Waals surface area contributed by atoms with Crippen LogP contribution in [0.2, 0.25) is 0 Å². The Hall–Kier alpha value is -3.65. The lowest BCUT2D eigenvalue weighted by Crippen LogP contribution is -2.25. The van der Waals surface area contributed by atoms with Gasteiger partial charge in [0, 0.05) is 17.9 Å². The molecule has 0 aliphatic heterocycles. The number of halogens is 1. The molecule has 0 aliphatic rings. The molecule has 0 spiro atoms. The zero-order valence-electron chi connectivity index (χ0n) is 18.9. The van der Waals surface area contributed by atoms with Crippen LogP contribution in [0, 0.1) is 5.82 Å². The van der Waals surface area contributed by atoms with Crippen LogP contribution in [0.15, 0.2) is 76.7 Å². The number of fused-ring (bicyclic) bond motifs is 1. The number of carbonyl (C=O) groups is 1. The maximum absolute atomic E-state index is 13.7. The number of nitrogens with one attached hydrogen (secondary N) is 1. The molecule has 0 fully saturated rings. The highest BCUT2D eigenvalue weighted by molar-refractivity contribution is 7.98. The third kappa shape index (κ3) is 5.12. The number of aromatic nitrogens is 2. The number of hydrogen-bond donors (Lipinski definition) is 1. The molecule has 4 rings (SSSR count). The molecular weight excluding hydrogens is 453 g/mol. The van der Waals surface area contributed by atoms with Crippen molar-refractivity contribution >= 4 is 28.6 Å². The van der Waals surface area contributed by atoms with E-state index in [4.69, 9.17) is 9.72 Å². The number of amides is 1. The minimum atomic E-state index is -0.320. The van der Waals surface area contributed by atoms with E-state index < -0.39 is 0 Å². The molecule has 1 N–H and O–H groups in total. The van der Waals surface area contributed by atoms with Crippen molar-refractivity contribution in [1.82, 2.24) is 14.9 Å². The van der Waals surface area contributed by atoms with Gasteiger partial charge in [0.05, 0.1) is 23.7 Å². The van der Waals surface area contributed by atoms with Crippen molar-refractivity contribution in [3.63, 3.8) is 0 Å². The van der Waals surface area contributed by atoms with Gasteiger partial charge in [0.1, 0.15) is 11.6 Å². The van der Waals surface area contributed by atoms with Crippen molar-refractivity contribution in [1.29, 1.82) is 0 Å². The van der Waals surface area contributed by atoms with Gasteiger partial charge < -0.3 is 10.1 Å². The van der Waals surface area contributed by atoms with Crippen LogP contribution in [0.4, 0.5) is 4.39 Å². The molecule has 6 nitrogen and oxygen atoms in total. The maximum atomic E-state index is 13.7. The quantitative estimate of drug-likeness (QED) is 0.287. The van der Waals surface area contributed by atoms with Crippen molar-refractivity contribution in [3.8, 4) is 11.4 Å². The Balaban J connectivity index is 1.81. The van der Waals surface area contributed by atoms with Crippen molar-refractivity contribution < 1.29 is 13.9 Å². The number of carbonyl (C=O) groups excluding carboxylic acids is 1. The zero-order valence-corrected chi connectivity index (χ0v) is 19.7. The number of benzene rings is 3. The second kappa shape index (κ2) is 10.5. The van der Waals surface area contributed by atoms with Gasteiger partial charge >= 0.3 is 0 Å². The summed E-state index contributed by atoms with van der Waals surface area (Å²) in [5, 5.41) is 3.68. The van der Waals surface area contributed by atoms with E-state index in [0.29, 0.717) is 45.4 Å². The molecule has 4 aromatic rings. The highest BCUT2D eigenvalue weighted by Crippen LogP contribution is 2.26. The van der Waals surface area contributed by atoms with Crippen LogP contribution in [0.3, 0.4) is 0 Å². The predicted molar refractivity (Wildman–Crippen MR) is 132 cm³/mol. The first kappa shape index (κ1) is 23.5. The number of rotatable bonds is 8. The summed E-state index contributed by atoms with van der Waals surface area (Å²) < 4.78 is 20.4. The molecule has 0 aliphatic carbocycles. The Morgan fingerprint density at radius 1 is 1.12 bits per heavy atom. The monoisotopic (exact) mass is 477 g/mol. The Bertz CT molecular complexity index is 1390. The van der Waals surface area contributed by atoms with Crippen LogP contribution in [-0.2, 0) is 5.75 Å². The van der Waals surface area contributed by atoms with E-state index in [9.17, 15) is 14.0 Å². The lowest BCUT2D eigenvalue weighted by molar-refractivity contribution is 0.0953. The summed E-state index contributed by atoms with van der Waals surface area (Å²) in [5.41, 5.74) is 2.02. The number of thioether (sulfide) groups is 1. The highest BCUT2D eigenvalue weighted by atomic mass is 32.2. The van der Waals surface area contributed by atoms with E-state index >= 15 is 0 Å². The van der Waals surface area contributed by atoms with Gasteiger partial charge in [0.25, 0.3) is 11.5 Å². The standard InChI is InChI=1S/C26H24FN3O3S/c1-3-13-28-24(31)18-7-12-22-23(15-18)29-26(34-16-17-5-4-6-19(27)14-17)30(25(22)32)20-8-10-21(33-2)11-9-20/h4-12,14-15H,3,13,16H2,1-2H3,(H,28,31). The highest BCUT2D eigenvalue weighted by Gasteiger charge is 2.16. The van der Waals surface area contributed by atoms with Gasteiger partial charge in [-0.15, -0.1) is 0 Å². The molecule has 0 saturated heterocycles. The SMILES string of the molecule is CCCNC(=O)c1ccc2c(=O)n(-c3ccc(OC)cc3)c(SCc3cccc(F)c3)nc2c1. The molecule has 3 aromatic carbocycles. The molecule has 1 heterocycles. The summed E-state index contributed by atoms with van der Waals surface area (Å²) in [5.74, 6) is 0.559. The van der Waals surface area contributed by atoms with Crippen LogP contribution in [0.25, 0.3) is 16.6 Å². The van der Waals surface area contributed by atoms with Gasteiger partial charge in [-0.2, -0.15) is 0 Å². The fourth-order valence-corrected chi connectivity index (χ4v) is 4.43. The van der Waals surface area contributed by atoms with Crippen LogP contribution in [0.5, 0.6) is 5.75 Å². The molecular formula is C26H24FN3O3S. The molecule has 1 aromatic heterocycles. The van der Waals surface area contributed by atoms with Crippen LogP contribution in [0.1, 0.15) is 29.3 Å². The predicted octanol–water partition coefficient (Wildman–Crippen LogP) is 4.97. The summed E-state index contributed by atoms with van der Waals surface area (Å²) in [6, 6.07) is 18.3. The molecule has 0 unspecified atom stereocenters. The number of ether oxygens (including phenoxy) is 1. The van der Waals surface area contributed by atoms with Gasteiger partial charge in [-0.1, -0.05) is 30.8 Å². The minimum absolute atomic E-state index is 0.209. The summed E-state index contributed by atoms with van der Waals surface area (Å²) in [4.78, 5) is 30.7. The average Bonchev–Trinajstić information content (AvgIpc) is 2.86. The zero-order chi connectivity index (χ0) is 24.1. The molecule has 34 heavy (non-hydrogen) atoms. The first-order chi connectivity index (χ1) is 16.5. The molecule has 174 valence electrons. The summed E-state index contributed by atoms with van der Waals surface area (Å²) in [6.07, 6.45) is 0.824. The van der Waals surface area contributed by atoms with Gasteiger partial charge in [0.2, 0.25) is 0 Å². The van der Waals surface area contributed by atoms with Crippen molar-refractivity contribution in [2.24, 2.45) is 0 Å². The maximum Gasteiger partial charge on any atom is 0.266 e.